The van der Waals surface area contributed by atoms with E-state index in [-0.39, 0.29) is 17.7 Å². The fourth-order valence-electron chi connectivity index (χ4n) is 4.71. The van der Waals surface area contributed by atoms with Gasteiger partial charge in [0.15, 0.2) is 5.78 Å². The molecule has 7 heteroatoms. The van der Waals surface area contributed by atoms with Crippen LogP contribution in [0.4, 0.5) is 4.39 Å². The lowest BCUT2D eigenvalue weighted by molar-refractivity contribution is 0.0980. The second-order valence-electron chi connectivity index (χ2n) is 9.33. The van der Waals surface area contributed by atoms with Gasteiger partial charge in [0.1, 0.15) is 11.6 Å². The molecular formula is C32H27FN2O4. The molecule has 196 valence electrons. The van der Waals surface area contributed by atoms with Gasteiger partial charge in [0.2, 0.25) is 0 Å². The van der Waals surface area contributed by atoms with Crippen molar-refractivity contribution in [2.24, 2.45) is 0 Å². The van der Waals surface area contributed by atoms with Crippen LogP contribution in [-0.2, 0) is 13.0 Å². The van der Waals surface area contributed by atoms with Crippen molar-refractivity contribution in [1.29, 1.82) is 0 Å². The minimum Gasteiger partial charge on any atom is -0.497 e. The Morgan fingerprint density at radius 1 is 0.846 bits per heavy atom. The van der Waals surface area contributed by atoms with Crippen LogP contribution in [0.3, 0.4) is 0 Å². The number of fused-ring (bicyclic) bond motifs is 1. The first-order valence-corrected chi connectivity index (χ1v) is 12.7. The second kappa shape index (κ2) is 11.3. The van der Waals surface area contributed by atoms with Gasteiger partial charge >= 0.3 is 5.69 Å². The standard InChI is InChI=1S/C32H27FN2O4/c1-39-27-16-14-26(15-17-27)35-31(37)28-18-13-24(30(36)12-6-9-22-7-3-2-4-8-22)20-29(28)34(32(35)38)21-23-10-5-11-25(33)19-23/h2-5,7-8,10-11,13-20H,6,9,12,21H2,1H3. The summed E-state index contributed by atoms with van der Waals surface area (Å²) < 4.78 is 21.7. The molecule has 0 aliphatic heterocycles. The molecule has 1 heterocycles. The lowest BCUT2D eigenvalue weighted by Gasteiger charge is -2.15. The average molecular weight is 523 g/mol. The predicted molar refractivity (Wildman–Crippen MR) is 150 cm³/mol. The highest BCUT2D eigenvalue weighted by Gasteiger charge is 2.17. The van der Waals surface area contributed by atoms with Gasteiger partial charge < -0.3 is 4.74 Å². The van der Waals surface area contributed by atoms with Gasteiger partial charge in [-0.2, -0.15) is 0 Å². The summed E-state index contributed by atoms with van der Waals surface area (Å²) in [6.07, 6.45) is 1.78. The van der Waals surface area contributed by atoms with Crippen LogP contribution in [0.5, 0.6) is 5.75 Å². The van der Waals surface area contributed by atoms with Crippen molar-refractivity contribution in [3.63, 3.8) is 0 Å². The van der Waals surface area contributed by atoms with E-state index in [1.165, 1.54) is 23.8 Å². The van der Waals surface area contributed by atoms with Crippen LogP contribution in [0.25, 0.3) is 16.6 Å². The van der Waals surface area contributed by atoms with Crippen molar-refractivity contribution in [2.75, 3.05) is 7.11 Å². The number of aryl methyl sites for hydroxylation is 1. The Labute approximate surface area is 224 Å². The minimum absolute atomic E-state index is 0.0230. The minimum atomic E-state index is -0.587. The summed E-state index contributed by atoms with van der Waals surface area (Å²) in [5, 5.41) is 0.280. The van der Waals surface area contributed by atoms with E-state index >= 15 is 0 Å². The number of Topliss-reactive ketones (excluding diaryl/α,β-unsaturated/α-hetero) is 1. The number of rotatable bonds is 9. The summed E-state index contributed by atoms with van der Waals surface area (Å²) in [7, 11) is 1.53. The van der Waals surface area contributed by atoms with E-state index in [0.717, 1.165) is 16.6 Å². The predicted octanol–water partition coefficient (Wildman–Crippen LogP) is 5.55. The highest BCUT2D eigenvalue weighted by Crippen LogP contribution is 2.19. The Bertz CT molecular complexity index is 1760. The molecule has 1 aromatic heterocycles. The molecule has 0 aliphatic carbocycles. The number of ether oxygens (including phenoxy) is 1. The van der Waals surface area contributed by atoms with E-state index in [4.69, 9.17) is 4.74 Å². The maximum atomic E-state index is 14.0. The number of carbonyl (C=O) groups excluding carboxylic acids is 1. The van der Waals surface area contributed by atoms with Gasteiger partial charge in [-0.3, -0.25) is 14.2 Å². The van der Waals surface area contributed by atoms with Gasteiger partial charge in [-0.25, -0.2) is 13.8 Å². The molecule has 0 aliphatic rings. The van der Waals surface area contributed by atoms with Crippen LogP contribution >= 0.6 is 0 Å². The molecule has 5 aromatic rings. The van der Waals surface area contributed by atoms with Crippen molar-refractivity contribution in [1.82, 2.24) is 9.13 Å². The summed E-state index contributed by atoms with van der Waals surface area (Å²) in [5.41, 5.74) is 1.75. The summed E-state index contributed by atoms with van der Waals surface area (Å²) in [4.78, 5) is 40.4. The monoisotopic (exact) mass is 522 g/mol. The second-order valence-corrected chi connectivity index (χ2v) is 9.33. The van der Waals surface area contributed by atoms with Gasteiger partial charge in [-0.15, -0.1) is 0 Å². The number of halogens is 1. The number of nitrogens with zero attached hydrogens (tertiary/aromatic N) is 2. The number of hydrogen-bond acceptors (Lipinski definition) is 4. The maximum Gasteiger partial charge on any atom is 0.336 e. The summed E-state index contributed by atoms with van der Waals surface area (Å²) in [6.45, 7) is 0.0230. The van der Waals surface area contributed by atoms with E-state index in [1.54, 1.807) is 54.6 Å². The van der Waals surface area contributed by atoms with Gasteiger partial charge in [0.25, 0.3) is 5.56 Å². The lowest BCUT2D eigenvalue weighted by Crippen LogP contribution is -2.39. The first-order valence-electron chi connectivity index (χ1n) is 12.7. The van der Waals surface area contributed by atoms with Gasteiger partial charge in [-0.1, -0.05) is 48.5 Å². The molecule has 0 spiro atoms. The molecule has 5 rings (SSSR count). The van der Waals surface area contributed by atoms with Crippen LogP contribution in [0.2, 0.25) is 0 Å². The van der Waals surface area contributed by atoms with E-state index in [0.29, 0.717) is 40.9 Å². The van der Waals surface area contributed by atoms with Crippen LogP contribution in [0.1, 0.15) is 34.3 Å². The SMILES string of the molecule is COc1ccc(-n2c(=O)c3ccc(C(=O)CCCc4ccccc4)cc3n(Cc3cccc(F)c3)c2=O)cc1. The molecular weight excluding hydrogens is 495 g/mol. The largest absolute Gasteiger partial charge is 0.497 e. The average Bonchev–Trinajstić information content (AvgIpc) is 2.96. The third kappa shape index (κ3) is 5.57. The van der Waals surface area contributed by atoms with Crippen LogP contribution in [0, 0.1) is 5.82 Å². The Hall–Kier alpha value is -4.78. The van der Waals surface area contributed by atoms with Crippen molar-refractivity contribution in [2.45, 2.75) is 25.8 Å². The Morgan fingerprint density at radius 3 is 2.31 bits per heavy atom. The quantitative estimate of drug-likeness (QED) is 0.238. The number of methoxy groups -OCH3 is 1. The van der Waals surface area contributed by atoms with Crippen LogP contribution in [0.15, 0.2) is 107 Å². The molecule has 0 unspecified atom stereocenters. The van der Waals surface area contributed by atoms with Crippen molar-refractivity contribution in [3.05, 3.63) is 140 Å². The van der Waals surface area contributed by atoms with Gasteiger partial charge in [0, 0.05) is 12.0 Å². The molecule has 0 saturated heterocycles. The van der Waals surface area contributed by atoms with E-state index in [9.17, 15) is 18.8 Å². The van der Waals surface area contributed by atoms with E-state index in [2.05, 4.69) is 0 Å². The molecule has 39 heavy (non-hydrogen) atoms. The summed E-state index contributed by atoms with van der Waals surface area (Å²) in [5.74, 6) is 0.0858. The van der Waals surface area contributed by atoms with Crippen molar-refractivity contribution < 1.29 is 13.9 Å². The molecule has 6 nitrogen and oxygen atoms in total. The number of hydrogen-bond donors (Lipinski definition) is 0. The number of carbonyl (C=O) groups is 1. The molecule has 0 saturated carbocycles. The topological polar surface area (TPSA) is 70.3 Å². The van der Waals surface area contributed by atoms with E-state index in [1.807, 2.05) is 30.3 Å². The van der Waals surface area contributed by atoms with Gasteiger partial charge in [-0.05, 0) is 72.5 Å². The summed E-state index contributed by atoms with van der Waals surface area (Å²) >= 11 is 0. The van der Waals surface area contributed by atoms with Crippen molar-refractivity contribution >= 4 is 16.7 Å². The molecule has 0 amide bonds. The normalized spacial score (nSPS) is 11.0. The summed E-state index contributed by atoms with van der Waals surface area (Å²) in [6, 6.07) is 27.3. The molecule has 0 N–H and O–H groups in total. The maximum absolute atomic E-state index is 14.0. The third-order valence-electron chi connectivity index (χ3n) is 6.74. The molecule has 4 aromatic carbocycles. The Balaban J connectivity index is 1.57. The van der Waals surface area contributed by atoms with Crippen LogP contribution in [-0.4, -0.2) is 22.0 Å². The first kappa shape index (κ1) is 25.9. The highest BCUT2D eigenvalue weighted by atomic mass is 19.1. The highest BCUT2D eigenvalue weighted by molar-refractivity contribution is 5.99. The van der Waals surface area contributed by atoms with Crippen LogP contribution < -0.4 is 16.0 Å². The Kier molecular flexibility index (Phi) is 7.50. The lowest BCUT2D eigenvalue weighted by atomic mass is 10.0. The zero-order valence-corrected chi connectivity index (χ0v) is 21.5. The zero-order valence-electron chi connectivity index (χ0n) is 21.5. The number of ketones is 1. The smallest absolute Gasteiger partial charge is 0.336 e. The van der Waals surface area contributed by atoms with Crippen molar-refractivity contribution in [3.8, 4) is 11.4 Å². The number of aromatic nitrogens is 2. The fraction of sp³-hybridized carbons (Fsp3) is 0.156. The molecule has 0 fully saturated rings. The number of benzene rings is 4. The first-order chi connectivity index (χ1) is 18.9. The molecule has 0 bridgehead atoms. The fourth-order valence-corrected chi connectivity index (χ4v) is 4.71. The Morgan fingerprint density at radius 2 is 1.59 bits per heavy atom. The van der Waals surface area contributed by atoms with Gasteiger partial charge in [0.05, 0.1) is 30.2 Å². The third-order valence-corrected chi connectivity index (χ3v) is 6.74. The molecule has 0 atom stereocenters. The van der Waals surface area contributed by atoms with E-state index < -0.39 is 17.1 Å². The zero-order chi connectivity index (χ0) is 27.4. The molecule has 0 radical (unpaired) electrons.